The molecule has 0 fully saturated rings. The fraction of sp³-hybridized carbons (Fsp3) is 0.133. The lowest BCUT2D eigenvalue weighted by molar-refractivity contribution is 0.249. The molecule has 0 saturated heterocycles. The highest BCUT2D eigenvalue weighted by Gasteiger charge is 2.13. The lowest BCUT2D eigenvalue weighted by atomic mass is 10.1. The van der Waals surface area contributed by atoms with E-state index in [-0.39, 0.29) is 12.1 Å². The van der Waals surface area contributed by atoms with Crippen LogP contribution in [-0.2, 0) is 0 Å². The highest BCUT2D eigenvalue weighted by atomic mass is 35.5. The monoisotopic (exact) mass is 342 g/mol. The summed E-state index contributed by atoms with van der Waals surface area (Å²) in [7, 11) is 0. The van der Waals surface area contributed by atoms with Gasteiger partial charge in [-0.2, -0.15) is 0 Å². The number of urea groups is 1. The van der Waals surface area contributed by atoms with Crippen molar-refractivity contribution in [2.24, 2.45) is 0 Å². The van der Waals surface area contributed by atoms with E-state index in [1.165, 1.54) is 0 Å². The van der Waals surface area contributed by atoms with Gasteiger partial charge in [0.05, 0.1) is 6.04 Å². The molecule has 2 N–H and O–H groups in total. The van der Waals surface area contributed by atoms with Crippen molar-refractivity contribution < 1.29 is 4.79 Å². The molecule has 0 aromatic heterocycles. The molecule has 2 aromatic rings. The summed E-state index contributed by atoms with van der Waals surface area (Å²) in [6.07, 6.45) is 0. The number of benzene rings is 2. The molecule has 2 rings (SSSR count). The molecule has 1 unspecified atom stereocenters. The fourth-order valence-electron chi connectivity index (χ4n) is 1.83. The number of anilines is 1. The molecule has 0 bridgehead atoms. The van der Waals surface area contributed by atoms with Gasteiger partial charge in [-0.3, -0.25) is 0 Å². The van der Waals surface area contributed by atoms with Crippen LogP contribution in [0.15, 0.2) is 42.5 Å². The molecule has 0 heterocycles. The molecule has 0 aliphatic rings. The minimum atomic E-state index is -0.323. The Bertz CT molecular complexity index is 644. The second kappa shape index (κ2) is 7.03. The summed E-state index contributed by atoms with van der Waals surface area (Å²) in [5.41, 5.74) is 1.46. The zero-order valence-corrected chi connectivity index (χ0v) is 13.4. The SMILES string of the molecule is CC(NC(=O)Nc1ccc(Cl)cc1)c1ccc(Cl)cc1Cl. The van der Waals surface area contributed by atoms with Crippen LogP contribution in [0.2, 0.25) is 15.1 Å². The molecule has 0 aliphatic heterocycles. The van der Waals surface area contributed by atoms with Crippen LogP contribution in [0.5, 0.6) is 0 Å². The first-order valence-electron chi connectivity index (χ1n) is 6.24. The third-order valence-corrected chi connectivity index (χ3v) is 3.69. The normalized spacial score (nSPS) is 11.8. The van der Waals surface area contributed by atoms with Gasteiger partial charge in [-0.25, -0.2) is 4.79 Å². The Morgan fingerprint density at radius 2 is 1.62 bits per heavy atom. The van der Waals surface area contributed by atoms with Gasteiger partial charge in [-0.05, 0) is 48.9 Å². The molecule has 0 aliphatic carbocycles. The van der Waals surface area contributed by atoms with Crippen LogP contribution < -0.4 is 10.6 Å². The van der Waals surface area contributed by atoms with Crippen molar-refractivity contribution in [1.82, 2.24) is 5.32 Å². The maximum atomic E-state index is 11.9. The molecular weight excluding hydrogens is 331 g/mol. The van der Waals surface area contributed by atoms with Crippen LogP contribution in [0.3, 0.4) is 0 Å². The third-order valence-electron chi connectivity index (χ3n) is 2.88. The first-order valence-corrected chi connectivity index (χ1v) is 7.37. The molecule has 1 atom stereocenters. The molecule has 110 valence electrons. The summed E-state index contributed by atoms with van der Waals surface area (Å²) in [6, 6.07) is 11.5. The van der Waals surface area contributed by atoms with Crippen LogP contribution in [0.4, 0.5) is 10.5 Å². The first kappa shape index (κ1) is 16.0. The zero-order chi connectivity index (χ0) is 15.4. The number of hydrogen-bond donors (Lipinski definition) is 2. The lowest BCUT2D eigenvalue weighted by Crippen LogP contribution is -2.31. The van der Waals surface area contributed by atoms with E-state index in [4.69, 9.17) is 34.8 Å². The van der Waals surface area contributed by atoms with Crippen molar-refractivity contribution in [3.63, 3.8) is 0 Å². The van der Waals surface area contributed by atoms with Gasteiger partial charge in [0.1, 0.15) is 0 Å². The number of amides is 2. The van der Waals surface area contributed by atoms with Gasteiger partial charge in [0, 0.05) is 20.8 Å². The van der Waals surface area contributed by atoms with Crippen molar-refractivity contribution in [3.05, 3.63) is 63.1 Å². The summed E-state index contributed by atoms with van der Waals surface area (Å²) < 4.78 is 0. The van der Waals surface area contributed by atoms with E-state index in [0.29, 0.717) is 20.8 Å². The van der Waals surface area contributed by atoms with Crippen LogP contribution in [0.25, 0.3) is 0 Å². The summed E-state index contributed by atoms with van der Waals surface area (Å²) in [6.45, 7) is 1.84. The van der Waals surface area contributed by atoms with Gasteiger partial charge < -0.3 is 10.6 Å². The Hall–Kier alpha value is -1.42. The molecular formula is C15H13Cl3N2O. The van der Waals surface area contributed by atoms with E-state index in [1.54, 1.807) is 42.5 Å². The second-order valence-corrected chi connectivity index (χ2v) is 5.77. The highest BCUT2D eigenvalue weighted by molar-refractivity contribution is 6.35. The summed E-state index contributed by atoms with van der Waals surface area (Å²) in [5, 5.41) is 7.22. The fourth-order valence-corrected chi connectivity index (χ4v) is 2.53. The van der Waals surface area contributed by atoms with Crippen molar-refractivity contribution >= 4 is 46.5 Å². The highest BCUT2D eigenvalue weighted by Crippen LogP contribution is 2.26. The number of halogens is 3. The largest absolute Gasteiger partial charge is 0.331 e. The van der Waals surface area contributed by atoms with Gasteiger partial charge in [0.15, 0.2) is 0 Å². The Balaban J connectivity index is 2.00. The molecule has 6 heteroatoms. The average Bonchev–Trinajstić information content (AvgIpc) is 2.41. The van der Waals surface area contributed by atoms with E-state index < -0.39 is 0 Å². The third kappa shape index (κ3) is 4.53. The van der Waals surface area contributed by atoms with Crippen molar-refractivity contribution in [1.29, 1.82) is 0 Å². The van der Waals surface area contributed by atoms with E-state index >= 15 is 0 Å². The Labute approximate surface area is 138 Å². The number of carbonyl (C=O) groups is 1. The smallest absolute Gasteiger partial charge is 0.319 e. The van der Waals surface area contributed by atoms with Gasteiger partial charge in [-0.1, -0.05) is 40.9 Å². The number of carbonyl (C=O) groups excluding carboxylic acids is 1. The van der Waals surface area contributed by atoms with Gasteiger partial charge in [0.2, 0.25) is 0 Å². The first-order chi connectivity index (χ1) is 9.95. The van der Waals surface area contributed by atoms with Gasteiger partial charge >= 0.3 is 6.03 Å². The predicted molar refractivity (Wildman–Crippen MR) is 88.5 cm³/mol. The average molecular weight is 344 g/mol. The Kier molecular flexibility index (Phi) is 5.34. The maximum absolute atomic E-state index is 11.9. The summed E-state index contributed by atoms with van der Waals surface area (Å²) in [4.78, 5) is 11.9. The minimum Gasteiger partial charge on any atom is -0.331 e. The zero-order valence-electron chi connectivity index (χ0n) is 11.2. The maximum Gasteiger partial charge on any atom is 0.319 e. The summed E-state index contributed by atoms with van der Waals surface area (Å²) >= 11 is 17.8. The Morgan fingerprint density at radius 3 is 2.24 bits per heavy atom. The van der Waals surface area contributed by atoms with E-state index in [1.807, 2.05) is 6.92 Å². The van der Waals surface area contributed by atoms with Gasteiger partial charge in [0.25, 0.3) is 0 Å². The van der Waals surface area contributed by atoms with Crippen molar-refractivity contribution in [3.8, 4) is 0 Å². The minimum absolute atomic E-state index is 0.248. The quantitative estimate of drug-likeness (QED) is 0.756. The van der Waals surface area contributed by atoms with Crippen LogP contribution >= 0.6 is 34.8 Å². The van der Waals surface area contributed by atoms with E-state index in [9.17, 15) is 4.79 Å². The molecule has 0 spiro atoms. The number of hydrogen-bond acceptors (Lipinski definition) is 1. The lowest BCUT2D eigenvalue weighted by Gasteiger charge is -2.16. The molecule has 0 radical (unpaired) electrons. The molecule has 2 aromatic carbocycles. The Morgan fingerprint density at radius 1 is 1.00 bits per heavy atom. The van der Waals surface area contributed by atoms with Crippen molar-refractivity contribution in [2.45, 2.75) is 13.0 Å². The molecule has 3 nitrogen and oxygen atoms in total. The van der Waals surface area contributed by atoms with E-state index in [2.05, 4.69) is 10.6 Å². The van der Waals surface area contributed by atoms with Crippen molar-refractivity contribution in [2.75, 3.05) is 5.32 Å². The topological polar surface area (TPSA) is 41.1 Å². The molecule has 21 heavy (non-hydrogen) atoms. The van der Waals surface area contributed by atoms with E-state index in [0.717, 1.165) is 5.56 Å². The second-order valence-electron chi connectivity index (χ2n) is 4.49. The summed E-state index contributed by atoms with van der Waals surface area (Å²) in [5.74, 6) is 0. The van der Waals surface area contributed by atoms with Crippen LogP contribution in [0.1, 0.15) is 18.5 Å². The predicted octanol–water partition coefficient (Wildman–Crippen LogP) is 5.53. The van der Waals surface area contributed by atoms with Gasteiger partial charge in [-0.15, -0.1) is 0 Å². The van der Waals surface area contributed by atoms with Crippen LogP contribution in [0, 0.1) is 0 Å². The number of nitrogens with one attached hydrogen (secondary N) is 2. The molecule has 2 amide bonds. The number of rotatable bonds is 3. The van der Waals surface area contributed by atoms with Crippen LogP contribution in [-0.4, -0.2) is 6.03 Å². The molecule has 0 saturated carbocycles. The standard InChI is InChI=1S/C15H13Cl3N2O/c1-9(13-7-4-11(17)8-14(13)18)19-15(21)20-12-5-2-10(16)3-6-12/h2-9H,1H3,(H2,19,20,21).